The van der Waals surface area contributed by atoms with Gasteiger partial charge in [0.2, 0.25) is 0 Å². The number of rotatable bonds is 5. The third-order valence-corrected chi connectivity index (χ3v) is 5.27. The fourth-order valence-corrected chi connectivity index (χ4v) is 3.99. The molecule has 0 atom stereocenters. The third kappa shape index (κ3) is 3.56. The molecule has 0 heterocycles. The van der Waals surface area contributed by atoms with Crippen LogP contribution in [-0.2, 0) is 22.1 Å². The van der Waals surface area contributed by atoms with Crippen LogP contribution in [0.2, 0.25) is 5.02 Å². The van der Waals surface area contributed by atoms with Gasteiger partial charge >= 0.3 is 0 Å². The van der Waals surface area contributed by atoms with E-state index in [2.05, 4.69) is 0 Å². The molecule has 0 bridgehead atoms. The number of methoxy groups -OCH3 is 1. The van der Waals surface area contributed by atoms with E-state index in [0.717, 1.165) is 5.56 Å². The molecule has 0 aliphatic carbocycles. The zero-order valence-electron chi connectivity index (χ0n) is 11.5. The summed E-state index contributed by atoms with van der Waals surface area (Å²) >= 11 is 5.96. The summed E-state index contributed by atoms with van der Waals surface area (Å²) in [7, 11) is -1.95. The lowest BCUT2D eigenvalue weighted by atomic mass is 10.1. The lowest BCUT2D eigenvalue weighted by molar-refractivity contribution is 0.409. The lowest BCUT2D eigenvalue weighted by Gasteiger charge is -2.10. The van der Waals surface area contributed by atoms with Gasteiger partial charge in [-0.2, -0.15) is 0 Å². The molecular weight excluding hydrogens is 310 g/mol. The van der Waals surface area contributed by atoms with Crippen LogP contribution in [-0.4, -0.2) is 15.5 Å². The van der Waals surface area contributed by atoms with Gasteiger partial charge in [0.25, 0.3) is 0 Å². The van der Waals surface area contributed by atoms with Crippen LogP contribution in [0.15, 0.2) is 47.4 Å². The van der Waals surface area contributed by atoms with Gasteiger partial charge in [-0.1, -0.05) is 29.8 Å². The molecular formula is C15H16ClNO3S. The van der Waals surface area contributed by atoms with Gasteiger partial charge < -0.3 is 10.5 Å². The molecule has 0 aromatic heterocycles. The molecule has 0 unspecified atom stereocenters. The number of hydrogen-bond acceptors (Lipinski definition) is 4. The number of nitrogens with two attached hydrogens (primary N) is 1. The molecule has 0 amide bonds. The average molecular weight is 326 g/mol. The Balaban J connectivity index is 2.35. The quantitative estimate of drug-likeness (QED) is 0.917. The second-order valence-electron chi connectivity index (χ2n) is 4.54. The predicted octanol–water partition coefficient (Wildman–Crippen LogP) is 2.78. The molecule has 0 spiro atoms. The Morgan fingerprint density at radius 2 is 1.90 bits per heavy atom. The highest BCUT2D eigenvalue weighted by molar-refractivity contribution is 7.90. The topological polar surface area (TPSA) is 69.4 Å². The summed E-state index contributed by atoms with van der Waals surface area (Å²) < 4.78 is 30.0. The average Bonchev–Trinajstić information content (AvgIpc) is 2.47. The summed E-state index contributed by atoms with van der Waals surface area (Å²) in [6, 6.07) is 11.6. The smallest absolute Gasteiger partial charge is 0.183 e. The molecule has 2 aromatic rings. The van der Waals surface area contributed by atoms with Crippen molar-refractivity contribution >= 4 is 21.4 Å². The Labute approximate surface area is 129 Å². The summed E-state index contributed by atoms with van der Waals surface area (Å²) in [5.41, 5.74) is 7.06. The third-order valence-electron chi connectivity index (χ3n) is 3.09. The first-order chi connectivity index (χ1) is 9.97. The second kappa shape index (κ2) is 6.47. The molecule has 6 heteroatoms. The first kappa shape index (κ1) is 15.8. The molecule has 0 aliphatic rings. The summed E-state index contributed by atoms with van der Waals surface area (Å²) in [6.45, 7) is 0.281. The maximum atomic E-state index is 12.4. The molecule has 4 nitrogen and oxygen atoms in total. The molecule has 21 heavy (non-hydrogen) atoms. The molecule has 112 valence electrons. The highest BCUT2D eigenvalue weighted by Crippen LogP contribution is 2.26. The minimum absolute atomic E-state index is 0.131. The number of hydrogen-bond donors (Lipinski definition) is 1. The van der Waals surface area contributed by atoms with Crippen LogP contribution in [0.5, 0.6) is 5.75 Å². The SMILES string of the molecule is COc1ccc(CS(=O)(=O)c2ccccc2Cl)cc1CN. The number of sulfone groups is 1. The molecule has 2 N–H and O–H groups in total. The fraction of sp³-hybridized carbons (Fsp3) is 0.200. The Morgan fingerprint density at radius 3 is 2.52 bits per heavy atom. The van der Waals surface area contributed by atoms with Gasteiger partial charge in [-0.3, -0.25) is 0 Å². The molecule has 2 aromatic carbocycles. The van der Waals surface area contributed by atoms with E-state index < -0.39 is 9.84 Å². The van der Waals surface area contributed by atoms with E-state index in [4.69, 9.17) is 22.1 Å². The monoisotopic (exact) mass is 325 g/mol. The van der Waals surface area contributed by atoms with Crippen molar-refractivity contribution in [3.05, 3.63) is 58.6 Å². The van der Waals surface area contributed by atoms with Crippen molar-refractivity contribution in [2.45, 2.75) is 17.2 Å². The molecule has 0 fully saturated rings. The maximum Gasteiger partial charge on any atom is 0.183 e. The van der Waals surface area contributed by atoms with E-state index in [1.807, 2.05) is 0 Å². The van der Waals surface area contributed by atoms with Gasteiger partial charge in [-0.15, -0.1) is 0 Å². The normalized spacial score (nSPS) is 11.4. The van der Waals surface area contributed by atoms with E-state index in [1.54, 1.807) is 43.5 Å². The van der Waals surface area contributed by atoms with E-state index in [0.29, 0.717) is 11.3 Å². The van der Waals surface area contributed by atoms with Crippen LogP contribution >= 0.6 is 11.6 Å². The van der Waals surface area contributed by atoms with Gasteiger partial charge in [-0.25, -0.2) is 8.42 Å². The van der Waals surface area contributed by atoms with E-state index in [1.165, 1.54) is 6.07 Å². The Hall–Kier alpha value is -1.56. The largest absolute Gasteiger partial charge is 0.496 e. The van der Waals surface area contributed by atoms with Crippen molar-refractivity contribution in [1.29, 1.82) is 0 Å². The van der Waals surface area contributed by atoms with Crippen LogP contribution in [0.25, 0.3) is 0 Å². The highest BCUT2D eigenvalue weighted by Gasteiger charge is 2.19. The number of halogens is 1. The van der Waals surface area contributed by atoms with Crippen LogP contribution < -0.4 is 10.5 Å². The van der Waals surface area contributed by atoms with Crippen molar-refractivity contribution in [1.82, 2.24) is 0 Å². The minimum Gasteiger partial charge on any atom is -0.496 e. The van der Waals surface area contributed by atoms with Gasteiger partial charge in [0.15, 0.2) is 9.84 Å². The predicted molar refractivity (Wildman–Crippen MR) is 83.2 cm³/mol. The Kier molecular flexibility index (Phi) is 4.88. The van der Waals surface area contributed by atoms with Crippen molar-refractivity contribution in [3.8, 4) is 5.75 Å². The number of benzene rings is 2. The number of ether oxygens (including phenoxy) is 1. The van der Waals surface area contributed by atoms with Gasteiger partial charge in [0.1, 0.15) is 5.75 Å². The van der Waals surface area contributed by atoms with E-state index in [-0.39, 0.29) is 22.2 Å². The Morgan fingerprint density at radius 1 is 1.19 bits per heavy atom. The fourth-order valence-electron chi connectivity index (χ4n) is 2.08. The standard InChI is InChI=1S/C15H16ClNO3S/c1-20-14-7-6-11(8-12(14)9-17)10-21(18,19)15-5-3-2-4-13(15)16/h2-8H,9-10,17H2,1H3. The van der Waals surface area contributed by atoms with Crippen LogP contribution in [0.1, 0.15) is 11.1 Å². The van der Waals surface area contributed by atoms with Gasteiger partial charge in [0.05, 0.1) is 22.8 Å². The molecule has 0 saturated heterocycles. The van der Waals surface area contributed by atoms with Crippen molar-refractivity contribution in [2.24, 2.45) is 5.73 Å². The van der Waals surface area contributed by atoms with E-state index in [9.17, 15) is 8.42 Å². The first-order valence-corrected chi connectivity index (χ1v) is 8.34. The van der Waals surface area contributed by atoms with Gasteiger partial charge in [-0.05, 0) is 29.8 Å². The summed E-state index contributed by atoms with van der Waals surface area (Å²) in [5, 5.41) is 0.227. The van der Waals surface area contributed by atoms with Crippen LogP contribution in [0.4, 0.5) is 0 Å². The second-order valence-corrected chi connectivity index (χ2v) is 6.91. The zero-order chi connectivity index (χ0) is 15.5. The van der Waals surface area contributed by atoms with Crippen LogP contribution in [0.3, 0.4) is 0 Å². The molecule has 0 radical (unpaired) electrons. The summed E-state index contributed by atoms with van der Waals surface area (Å²) in [5.74, 6) is 0.518. The lowest BCUT2D eigenvalue weighted by Crippen LogP contribution is -2.07. The first-order valence-electron chi connectivity index (χ1n) is 6.31. The highest BCUT2D eigenvalue weighted by atomic mass is 35.5. The van der Waals surface area contributed by atoms with Crippen LogP contribution in [0, 0.1) is 0 Å². The van der Waals surface area contributed by atoms with Gasteiger partial charge in [0, 0.05) is 12.1 Å². The van der Waals surface area contributed by atoms with E-state index >= 15 is 0 Å². The summed E-state index contributed by atoms with van der Waals surface area (Å²) in [6.07, 6.45) is 0. The minimum atomic E-state index is -3.50. The molecule has 2 rings (SSSR count). The zero-order valence-corrected chi connectivity index (χ0v) is 13.1. The molecule has 0 aliphatic heterocycles. The summed E-state index contributed by atoms with van der Waals surface area (Å²) in [4.78, 5) is 0.136. The van der Waals surface area contributed by atoms with Crippen molar-refractivity contribution in [3.63, 3.8) is 0 Å². The molecule has 0 saturated carbocycles. The maximum absolute atomic E-state index is 12.4. The van der Waals surface area contributed by atoms with Crippen molar-refractivity contribution in [2.75, 3.05) is 7.11 Å². The van der Waals surface area contributed by atoms with Crippen molar-refractivity contribution < 1.29 is 13.2 Å². The Bertz CT molecular complexity index is 744.